The zero-order valence-electron chi connectivity index (χ0n) is 11.2. The molecule has 0 N–H and O–H groups in total. The number of halogens is 1. The molecule has 0 spiro atoms. The first kappa shape index (κ1) is 14.1. The monoisotopic (exact) mass is 347 g/mol. The van der Waals surface area contributed by atoms with Gasteiger partial charge in [0.15, 0.2) is 0 Å². The number of carbonyl (C=O) groups is 2. The van der Waals surface area contributed by atoms with Gasteiger partial charge < -0.3 is 4.74 Å². The van der Waals surface area contributed by atoms with Gasteiger partial charge in [0.25, 0.3) is 0 Å². The van der Waals surface area contributed by atoms with E-state index in [9.17, 15) is 9.59 Å². The molecule has 2 unspecified atom stereocenters. The summed E-state index contributed by atoms with van der Waals surface area (Å²) in [6.07, 6.45) is 7.21. The molecule has 21 heavy (non-hydrogen) atoms. The largest absolute Gasteiger partial charge is 0.492 e. The molecule has 1 aromatic carbocycles. The minimum absolute atomic E-state index is 0.136. The molecule has 108 valence electrons. The lowest BCUT2D eigenvalue weighted by atomic mass is 9.91. The Morgan fingerprint density at radius 2 is 1.76 bits per heavy atom. The zero-order chi connectivity index (χ0) is 14.8. The van der Waals surface area contributed by atoms with Gasteiger partial charge in [-0.2, -0.15) is 0 Å². The normalized spacial score (nSPS) is 23.6. The van der Waals surface area contributed by atoms with Crippen LogP contribution in [-0.4, -0.2) is 29.9 Å². The molecule has 1 heterocycles. The predicted octanol–water partition coefficient (Wildman–Crippen LogP) is 2.56. The number of hydrogen-bond acceptors (Lipinski definition) is 3. The number of allylic oxidation sites excluding steroid dienone is 2. The van der Waals surface area contributed by atoms with Crippen molar-refractivity contribution in [1.29, 1.82) is 0 Å². The van der Waals surface area contributed by atoms with Crippen molar-refractivity contribution >= 4 is 27.7 Å². The third-order valence-corrected chi connectivity index (χ3v) is 4.11. The lowest BCUT2D eigenvalue weighted by molar-refractivity contribution is -0.139. The van der Waals surface area contributed by atoms with E-state index in [-0.39, 0.29) is 30.2 Å². The molecule has 0 saturated carbocycles. The van der Waals surface area contributed by atoms with Crippen molar-refractivity contribution in [3.8, 4) is 5.75 Å². The number of rotatable bonds is 4. The first-order valence-corrected chi connectivity index (χ1v) is 7.55. The highest BCUT2D eigenvalue weighted by atomic mass is 79.9. The van der Waals surface area contributed by atoms with Crippen molar-refractivity contribution in [1.82, 2.24) is 4.90 Å². The molecular formula is C16H14BrNO3. The molecule has 0 aromatic heterocycles. The molecule has 5 heteroatoms. The Bertz CT molecular complexity index is 608. The van der Waals surface area contributed by atoms with Crippen molar-refractivity contribution in [2.45, 2.75) is 0 Å². The molecule has 0 bridgehead atoms. The zero-order valence-corrected chi connectivity index (χ0v) is 12.8. The third-order valence-electron chi connectivity index (χ3n) is 3.62. The Morgan fingerprint density at radius 1 is 1.10 bits per heavy atom. The van der Waals surface area contributed by atoms with Gasteiger partial charge in [-0.05, 0) is 18.2 Å². The fourth-order valence-electron chi connectivity index (χ4n) is 2.58. The maximum absolute atomic E-state index is 12.2. The van der Waals surface area contributed by atoms with Gasteiger partial charge >= 0.3 is 0 Å². The van der Waals surface area contributed by atoms with Gasteiger partial charge in [0.05, 0.1) is 18.4 Å². The fraction of sp³-hybridized carbons (Fsp3) is 0.250. The van der Waals surface area contributed by atoms with Crippen LogP contribution in [0.5, 0.6) is 5.75 Å². The third kappa shape index (κ3) is 2.78. The quantitative estimate of drug-likeness (QED) is 0.786. The number of imide groups is 1. The van der Waals surface area contributed by atoms with Crippen molar-refractivity contribution in [3.05, 3.63) is 53.0 Å². The second-order valence-electron chi connectivity index (χ2n) is 4.96. The van der Waals surface area contributed by atoms with Gasteiger partial charge in [-0.25, -0.2) is 0 Å². The molecule has 1 aliphatic heterocycles. The second-order valence-corrected chi connectivity index (χ2v) is 5.87. The summed E-state index contributed by atoms with van der Waals surface area (Å²) in [6.45, 7) is 0.569. The average Bonchev–Trinajstić information content (AvgIpc) is 2.73. The summed E-state index contributed by atoms with van der Waals surface area (Å²) < 4.78 is 6.51. The molecule has 1 aromatic rings. The van der Waals surface area contributed by atoms with Crippen LogP contribution in [0.4, 0.5) is 0 Å². The smallest absolute Gasteiger partial charge is 0.237 e. The van der Waals surface area contributed by atoms with E-state index in [1.165, 1.54) is 4.90 Å². The number of ether oxygens (including phenoxy) is 1. The first-order chi connectivity index (χ1) is 10.2. The Labute approximate surface area is 131 Å². The number of likely N-dealkylation sites (tertiary alicyclic amines) is 1. The standard InChI is InChI=1S/C16H14BrNO3/c17-11-4-3-5-12(10-11)21-9-8-18-15(19)13-6-1-2-7-14(13)16(18)20/h1-7,10,13-14H,8-9H2. The highest BCUT2D eigenvalue weighted by Gasteiger charge is 2.45. The molecule has 0 radical (unpaired) electrons. The summed E-state index contributed by atoms with van der Waals surface area (Å²) in [5, 5.41) is 0. The molecule has 2 aliphatic rings. The summed E-state index contributed by atoms with van der Waals surface area (Å²) in [6, 6.07) is 7.46. The number of amides is 2. The number of nitrogens with zero attached hydrogens (tertiary/aromatic N) is 1. The summed E-state index contributed by atoms with van der Waals surface area (Å²) in [4.78, 5) is 25.7. The molecule has 1 fully saturated rings. The van der Waals surface area contributed by atoms with Gasteiger partial charge in [-0.1, -0.05) is 46.3 Å². The van der Waals surface area contributed by atoms with E-state index in [2.05, 4.69) is 15.9 Å². The Morgan fingerprint density at radius 3 is 2.38 bits per heavy atom. The Hall–Kier alpha value is -1.88. The Balaban J connectivity index is 1.61. The van der Waals surface area contributed by atoms with Crippen LogP contribution >= 0.6 is 15.9 Å². The van der Waals surface area contributed by atoms with Gasteiger partial charge in [0.1, 0.15) is 12.4 Å². The van der Waals surface area contributed by atoms with Crippen LogP contribution in [0.2, 0.25) is 0 Å². The highest BCUT2D eigenvalue weighted by molar-refractivity contribution is 9.10. The van der Waals surface area contributed by atoms with Gasteiger partial charge in [-0.15, -0.1) is 0 Å². The predicted molar refractivity (Wildman–Crippen MR) is 81.6 cm³/mol. The fourth-order valence-corrected chi connectivity index (χ4v) is 2.96. The van der Waals surface area contributed by atoms with Crippen molar-refractivity contribution in [2.24, 2.45) is 11.8 Å². The minimum atomic E-state index is -0.339. The van der Waals surface area contributed by atoms with E-state index < -0.39 is 0 Å². The minimum Gasteiger partial charge on any atom is -0.492 e. The van der Waals surface area contributed by atoms with E-state index in [4.69, 9.17) is 4.74 Å². The summed E-state index contributed by atoms with van der Waals surface area (Å²) in [5.74, 6) is -0.241. The van der Waals surface area contributed by atoms with E-state index in [0.717, 1.165) is 4.47 Å². The summed E-state index contributed by atoms with van der Waals surface area (Å²) in [5.41, 5.74) is 0. The topological polar surface area (TPSA) is 46.6 Å². The molecule has 2 amide bonds. The van der Waals surface area contributed by atoms with Crippen LogP contribution in [0.15, 0.2) is 53.0 Å². The molecule has 1 aliphatic carbocycles. The summed E-state index contributed by atoms with van der Waals surface area (Å²) >= 11 is 3.37. The number of fused-ring (bicyclic) bond motifs is 1. The van der Waals surface area contributed by atoms with Crippen LogP contribution in [0.1, 0.15) is 0 Å². The first-order valence-electron chi connectivity index (χ1n) is 6.75. The molecule has 3 rings (SSSR count). The van der Waals surface area contributed by atoms with Crippen LogP contribution < -0.4 is 4.74 Å². The summed E-state index contributed by atoms with van der Waals surface area (Å²) in [7, 11) is 0. The SMILES string of the molecule is O=C1C2C=CC=CC2C(=O)N1CCOc1cccc(Br)c1. The highest BCUT2D eigenvalue weighted by Crippen LogP contribution is 2.30. The maximum Gasteiger partial charge on any atom is 0.237 e. The van der Waals surface area contributed by atoms with E-state index >= 15 is 0 Å². The average molecular weight is 348 g/mol. The maximum atomic E-state index is 12.2. The lowest BCUT2D eigenvalue weighted by Gasteiger charge is -2.15. The second kappa shape index (κ2) is 5.85. The van der Waals surface area contributed by atoms with Crippen LogP contribution in [-0.2, 0) is 9.59 Å². The van der Waals surface area contributed by atoms with Crippen molar-refractivity contribution < 1.29 is 14.3 Å². The number of benzene rings is 1. The molecular weight excluding hydrogens is 334 g/mol. The van der Waals surface area contributed by atoms with Crippen LogP contribution in [0.25, 0.3) is 0 Å². The van der Waals surface area contributed by atoms with Crippen LogP contribution in [0, 0.1) is 11.8 Å². The number of carbonyl (C=O) groups excluding carboxylic acids is 2. The lowest BCUT2D eigenvalue weighted by Crippen LogP contribution is -2.34. The molecule has 2 atom stereocenters. The number of hydrogen-bond donors (Lipinski definition) is 0. The van der Waals surface area contributed by atoms with Crippen molar-refractivity contribution in [3.63, 3.8) is 0 Å². The van der Waals surface area contributed by atoms with E-state index in [0.29, 0.717) is 12.4 Å². The van der Waals surface area contributed by atoms with Gasteiger partial charge in [0.2, 0.25) is 11.8 Å². The van der Waals surface area contributed by atoms with Crippen LogP contribution in [0.3, 0.4) is 0 Å². The van der Waals surface area contributed by atoms with E-state index in [1.807, 2.05) is 36.4 Å². The Kier molecular flexibility index (Phi) is 3.92. The van der Waals surface area contributed by atoms with Gasteiger partial charge in [-0.3, -0.25) is 14.5 Å². The molecule has 1 saturated heterocycles. The van der Waals surface area contributed by atoms with Gasteiger partial charge in [0, 0.05) is 4.47 Å². The molecule has 4 nitrogen and oxygen atoms in total. The van der Waals surface area contributed by atoms with Crippen molar-refractivity contribution in [2.75, 3.05) is 13.2 Å². The van der Waals surface area contributed by atoms with E-state index in [1.54, 1.807) is 12.2 Å².